The molecule has 0 aliphatic rings. The molecule has 0 bridgehead atoms. The largest absolute Gasteiger partial charge is 0.240 e. The molecule has 84 valence electrons. The molecule has 0 fully saturated rings. The Bertz CT molecular complexity index is 475. The summed E-state index contributed by atoms with van der Waals surface area (Å²) in [5, 5.41) is 8.63. The van der Waals surface area contributed by atoms with E-state index < -0.39 is 0 Å². The monoisotopic (exact) mass is 289 g/mol. The van der Waals surface area contributed by atoms with Crippen LogP contribution in [0.1, 0.15) is 5.69 Å². The third-order valence-electron chi connectivity index (χ3n) is 1.68. The van der Waals surface area contributed by atoms with Crippen LogP contribution in [0.2, 0.25) is 5.15 Å². The van der Waals surface area contributed by atoms with Crippen molar-refractivity contribution in [1.29, 1.82) is 0 Å². The summed E-state index contributed by atoms with van der Waals surface area (Å²) in [5.74, 6) is 0.767. The van der Waals surface area contributed by atoms with Gasteiger partial charge in [-0.3, -0.25) is 0 Å². The molecular weight excluding hydrogens is 282 g/mol. The van der Waals surface area contributed by atoms with E-state index in [9.17, 15) is 0 Å². The zero-order valence-corrected chi connectivity index (χ0v) is 11.6. The van der Waals surface area contributed by atoms with Crippen molar-refractivity contribution in [2.75, 3.05) is 6.26 Å². The third-order valence-corrected chi connectivity index (χ3v) is 4.96. The zero-order valence-electron chi connectivity index (χ0n) is 8.38. The fraction of sp³-hybridized carbons (Fsp3) is 0.222. The second-order valence-electron chi connectivity index (χ2n) is 2.78. The molecule has 0 spiro atoms. The summed E-state index contributed by atoms with van der Waals surface area (Å²) in [5.41, 5.74) is 0.957. The van der Waals surface area contributed by atoms with Crippen molar-refractivity contribution in [3.05, 3.63) is 29.0 Å². The van der Waals surface area contributed by atoms with Crippen LogP contribution < -0.4 is 0 Å². The van der Waals surface area contributed by atoms with Crippen LogP contribution in [-0.2, 0) is 5.75 Å². The van der Waals surface area contributed by atoms with Crippen LogP contribution in [0.15, 0.2) is 26.9 Å². The summed E-state index contributed by atoms with van der Waals surface area (Å²) in [4.78, 5) is 4.21. The second kappa shape index (κ2) is 5.86. The van der Waals surface area contributed by atoms with Crippen LogP contribution in [0.25, 0.3) is 0 Å². The molecule has 0 radical (unpaired) electrons. The van der Waals surface area contributed by atoms with Crippen molar-refractivity contribution < 1.29 is 0 Å². The molecule has 0 saturated heterocycles. The molecule has 0 saturated carbocycles. The molecule has 0 N–H and O–H groups in total. The number of nitrogens with zero attached hydrogens (tertiary/aromatic N) is 3. The maximum absolute atomic E-state index is 5.80. The molecule has 2 heterocycles. The van der Waals surface area contributed by atoms with Gasteiger partial charge in [0.15, 0.2) is 8.68 Å². The topological polar surface area (TPSA) is 38.7 Å². The molecular formula is C9H8ClN3S3. The SMILES string of the molecule is CSc1nnc(SCc2cccc(Cl)n2)s1. The van der Waals surface area contributed by atoms with Gasteiger partial charge in [-0.2, -0.15) is 0 Å². The molecule has 0 unspecified atom stereocenters. The van der Waals surface area contributed by atoms with Gasteiger partial charge in [-0.15, -0.1) is 10.2 Å². The van der Waals surface area contributed by atoms with Gasteiger partial charge in [0, 0.05) is 5.75 Å². The van der Waals surface area contributed by atoms with E-state index in [0.29, 0.717) is 5.15 Å². The van der Waals surface area contributed by atoms with Crippen molar-refractivity contribution in [3.8, 4) is 0 Å². The third kappa shape index (κ3) is 3.35. The van der Waals surface area contributed by atoms with E-state index in [4.69, 9.17) is 11.6 Å². The number of hydrogen-bond donors (Lipinski definition) is 0. The van der Waals surface area contributed by atoms with Gasteiger partial charge in [-0.25, -0.2) is 4.98 Å². The fourth-order valence-electron chi connectivity index (χ4n) is 1.00. The van der Waals surface area contributed by atoms with Crippen molar-refractivity contribution in [2.24, 2.45) is 0 Å². The lowest BCUT2D eigenvalue weighted by Gasteiger charge is -1.97. The van der Waals surface area contributed by atoms with Crippen LogP contribution in [0.4, 0.5) is 0 Å². The summed E-state index contributed by atoms with van der Waals surface area (Å²) < 4.78 is 1.95. The number of rotatable bonds is 4. The van der Waals surface area contributed by atoms with Gasteiger partial charge in [0.1, 0.15) is 5.15 Å². The van der Waals surface area contributed by atoms with Crippen LogP contribution >= 0.6 is 46.5 Å². The molecule has 2 aromatic heterocycles. The minimum absolute atomic E-state index is 0.528. The van der Waals surface area contributed by atoms with Gasteiger partial charge in [0.05, 0.1) is 5.69 Å². The Labute approximate surface area is 111 Å². The maximum Gasteiger partial charge on any atom is 0.175 e. The Balaban J connectivity index is 1.96. The minimum Gasteiger partial charge on any atom is -0.240 e. The van der Waals surface area contributed by atoms with Crippen LogP contribution in [0.3, 0.4) is 0 Å². The smallest absolute Gasteiger partial charge is 0.175 e. The summed E-state index contributed by atoms with van der Waals surface area (Å²) >= 11 is 10.6. The van der Waals surface area contributed by atoms with Crippen LogP contribution in [-0.4, -0.2) is 21.4 Å². The first kappa shape index (κ1) is 12.2. The summed E-state index contributed by atoms with van der Waals surface area (Å²) in [6, 6.07) is 5.63. The van der Waals surface area contributed by atoms with E-state index in [1.807, 2.05) is 18.4 Å². The van der Waals surface area contributed by atoms with Gasteiger partial charge >= 0.3 is 0 Å². The average molecular weight is 290 g/mol. The molecule has 3 nitrogen and oxygen atoms in total. The second-order valence-corrected chi connectivity index (χ2v) is 6.42. The Morgan fingerprint density at radius 3 is 2.81 bits per heavy atom. The summed E-state index contributed by atoms with van der Waals surface area (Å²) in [6.45, 7) is 0. The maximum atomic E-state index is 5.80. The van der Waals surface area contributed by atoms with Crippen molar-refractivity contribution in [2.45, 2.75) is 14.4 Å². The first-order valence-electron chi connectivity index (χ1n) is 4.39. The summed E-state index contributed by atoms with van der Waals surface area (Å²) in [7, 11) is 0. The van der Waals surface area contributed by atoms with E-state index in [-0.39, 0.29) is 0 Å². The predicted octanol–water partition coefficient (Wildman–Crippen LogP) is 3.60. The summed E-state index contributed by atoms with van der Waals surface area (Å²) in [6.07, 6.45) is 1.99. The molecule has 0 aliphatic carbocycles. The van der Waals surface area contributed by atoms with E-state index in [1.165, 1.54) is 0 Å². The van der Waals surface area contributed by atoms with Gasteiger partial charge < -0.3 is 0 Å². The molecule has 16 heavy (non-hydrogen) atoms. The normalized spacial score (nSPS) is 10.6. The molecule has 2 aromatic rings. The van der Waals surface area contributed by atoms with E-state index in [1.54, 1.807) is 40.9 Å². The molecule has 7 heteroatoms. The van der Waals surface area contributed by atoms with Crippen LogP contribution in [0, 0.1) is 0 Å². The fourth-order valence-corrected chi connectivity index (χ4v) is 3.53. The lowest BCUT2D eigenvalue weighted by molar-refractivity contribution is 0.955. The highest BCUT2D eigenvalue weighted by Crippen LogP contribution is 2.29. The van der Waals surface area contributed by atoms with Gasteiger partial charge in [0.25, 0.3) is 0 Å². The minimum atomic E-state index is 0.528. The van der Waals surface area contributed by atoms with Gasteiger partial charge in [0.2, 0.25) is 0 Å². The Morgan fingerprint density at radius 1 is 1.31 bits per heavy atom. The van der Waals surface area contributed by atoms with Crippen molar-refractivity contribution >= 4 is 46.5 Å². The Morgan fingerprint density at radius 2 is 2.12 bits per heavy atom. The molecule has 0 atom stereocenters. The van der Waals surface area contributed by atoms with Crippen molar-refractivity contribution in [3.63, 3.8) is 0 Å². The van der Waals surface area contributed by atoms with Gasteiger partial charge in [-0.05, 0) is 18.4 Å². The first-order valence-corrected chi connectivity index (χ1v) is 7.80. The average Bonchev–Trinajstić information content (AvgIpc) is 2.74. The van der Waals surface area contributed by atoms with Gasteiger partial charge in [-0.1, -0.05) is 52.5 Å². The highest BCUT2D eigenvalue weighted by molar-refractivity contribution is 8.02. The van der Waals surface area contributed by atoms with Crippen LogP contribution in [0.5, 0.6) is 0 Å². The number of halogens is 1. The standard InChI is InChI=1S/C9H8ClN3S3/c1-14-8-12-13-9(16-8)15-5-6-3-2-4-7(10)11-6/h2-4H,5H2,1H3. The molecule has 0 aromatic carbocycles. The number of thioether (sulfide) groups is 2. The zero-order chi connectivity index (χ0) is 11.4. The predicted molar refractivity (Wildman–Crippen MR) is 70.5 cm³/mol. The molecule has 2 rings (SSSR count). The Hall–Kier alpha value is -0.300. The highest BCUT2D eigenvalue weighted by Gasteiger charge is 2.04. The van der Waals surface area contributed by atoms with E-state index in [2.05, 4.69) is 15.2 Å². The van der Waals surface area contributed by atoms with E-state index >= 15 is 0 Å². The highest BCUT2D eigenvalue weighted by atomic mass is 35.5. The number of pyridine rings is 1. The lowest BCUT2D eigenvalue weighted by atomic mass is 10.4. The van der Waals surface area contributed by atoms with Crippen molar-refractivity contribution in [1.82, 2.24) is 15.2 Å². The number of aromatic nitrogens is 3. The number of hydrogen-bond acceptors (Lipinski definition) is 6. The molecule has 0 aliphatic heterocycles. The molecule has 0 amide bonds. The Kier molecular flexibility index (Phi) is 4.45. The lowest BCUT2D eigenvalue weighted by Crippen LogP contribution is -1.85. The quantitative estimate of drug-likeness (QED) is 0.635. The van der Waals surface area contributed by atoms with E-state index in [0.717, 1.165) is 20.1 Å². The first-order chi connectivity index (χ1) is 7.78.